The summed E-state index contributed by atoms with van der Waals surface area (Å²) in [6.45, 7) is 3.93. The van der Waals surface area contributed by atoms with Crippen molar-refractivity contribution >= 4 is 40.0 Å². The second kappa shape index (κ2) is 10.9. The molecule has 0 aliphatic heterocycles. The first kappa shape index (κ1) is 22.1. The van der Waals surface area contributed by atoms with E-state index in [2.05, 4.69) is 20.3 Å². The van der Waals surface area contributed by atoms with Crippen molar-refractivity contribution < 1.29 is 13.2 Å². The van der Waals surface area contributed by atoms with Crippen LogP contribution in [0.25, 0.3) is 0 Å². The predicted octanol–water partition coefficient (Wildman–Crippen LogP) is 1.45. The summed E-state index contributed by atoms with van der Waals surface area (Å²) in [6.07, 6.45) is 2.38. The molecule has 1 aromatic carbocycles. The SMILES string of the molecule is CCNC(=NCc1ccc(S(=O)(=O)NCCOC)cc1)NC1CC1.I. The van der Waals surface area contributed by atoms with Gasteiger partial charge >= 0.3 is 0 Å². The summed E-state index contributed by atoms with van der Waals surface area (Å²) in [5.41, 5.74) is 0.957. The second-order valence-electron chi connectivity index (χ2n) is 5.65. The van der Waals surface area contributed by atoms with Crippen molar-refractivity contribution in [2.75, 3.05) is 26.8 Å². The van der Waals surface area contributed by atoms with Crippen molar-refractivity contribution in [2.24, 2.45) is 4.99 Å². The molecule has 25 heavy (non-hydrogen) atoms. The molecule has 1 aromatic rings. The molecule has 0 amide bonds. The Hall–Kier alpha value is -0.910. The average molecular weight is 482 g/mol. The van der Waals surface area contributed by atoms with Gasteiger partial charge in [-0.2, -0.15) is 0 Å². The molecule has 3 N–H and O–H groups in total. The van der Waals surface area contributed by atoms with Gasteiger partial charge in [0.25, 0.3) is 0 Å². The number of nitrogens with one attached hydrogen (secondary N) is 3. The van der Waals surface area contributed by atoms with E-state index in [0.29, 0.717) is 19.2 Å². The summed E-state index contributed by atoms with van der Waals surface area (Å²) in [5.74, 6) is 0.804. The van der Waals surface area contributed by atoms with Crippen molar-refractivity contribution in [1.82, 2.24) is 15.4 Å². The van der Waals surface area contributed by atoms with Gasteiger partial charge in [-0.15, -0.1) is 24.0 Å². The lowest BCUT2D eigenvalue weighted by Crippen LogP contribution is -2.38. The minimum absolute atomic E-state index is 0. The van der Waals surface area contributed by atoms with Gasteiger partial charge < -0.3 is 15.4 Å². The molecule has 0 heterocycles. The van der Waals surface area contributed by atoms with Gasteiger partial charge in [0.15, 0.2) is 5.96 Å². The van der Waals surface area contributed by atoms with E-state index in [9.17, 15) is 8.42 Å². The molecule has 0 unspecified atom stereocenters. The topological polar surface area (TPSA) is 91.8 Å². The Morgan fingerprint density at radius 1 is 1.28 bits per heavy atom. The van der Waals surface area contributed by atoms with Crippen molar-refractivity contribution in [3.8, 4) is 0 Å². The van der Waals surface area contributed by atoms with Crippen molar-refractivity contribution in [1.29, 1.82) is 0 Å². The van der Waals surface area contributed by atoms with Crippen molar-refractivity contribution in [2.45, 2.75) is 37.2 Å². The van der Waals surface area contributed by atoms with Crippen LogP contribution >= 0.6 is 24.0 Å². The highest BCUT2D eigenvalue weighted by Crippen LogP contribution is 2.18. The first-order valence-electron chi connectivity index (χ1n) is 8.17. The van der Waals surface area contributed by atoms with E-state index in [1.165, 1.54) is 20.0 Å². The lowest BCUT2D eigenvalue weighted by molar-refractivity contribution is 0.204. The highest BCUT2D eigenvalue weighted by Gasteiger charge is 2.22. The number of benzene rings is 1. The quantitative estimate of drug-likeness (QED) is 0.215. The third kappa shape index (κ3) is 7.89. The molecule has 1 saturated carbocycles. The largest absolute Gasteiger partial charge is 0.383 e. The molecule has 7 nitrogen and oxygen atoms in total. The number of aliphatic imine (C=N–C) groups is 1. The third-order valence-electron chi connectivity index (χ3n) is 3.51. The molecule has 1 aliphatic carbocycles. The van der Waals surface area contributed by atoms with Gasteiger partial charge in [0.1, 0.15) is 0 Å². The smallest absolute Gasteiger partial charge is 0.240 e. The van der Waals surface area contributed by atoms with Gasteiger partial charge in [-0.3, -0.25) is 0 Å². The van der Waals surface area contributed by atoms with Gasteiger partial charge in [0.2, 0.25) is 10.0 Å². The molecular formula is C16H27IN4O3S. The molecule has 0 bridgehead atoms. The normalized spacial score (nSPS) is 14.7. The number of ether oxygens (including phenoxy) is 1. The van der Waals surface area contributed by atoms with Crippen molar-refractivity contribution in [3.63, 3.8) is 0 Å². The predicted molar refractivity (Wildman–Crippen MR) is 110 cm³/mol. The van der Waals surface area contributed by atoms with E-state index >= 15 is 0 Å². The lowest BCUT2D eigenvalue weighted by Gasteiger charge is -2.10. The Kier molecular flexibility index (Phi) is 9.69. The zero-order valence-corrected chi connectivity index (χ0v) is 17.8. The summed E-state index contributed by atoms with van der Waals surface area (Å²) in [5, 5.41) is 6.56. The number of methoxy groups -OCH3 is 1. The molecule has 2 rings (SSSR count). The summed E-state index contributed by atoms with van der Waals surface area (Å²) in [6, 6.07) is 7.31. The number of hydrogen-bond acceptors (Lipinski definition) is 4. The van der Waals surface area contributed by atoms with E-state index in [4.69, 9.17) is 4.74 Å². The van der Waals surface area contributed by atoms with E-state index in [1.54, 1.807) is 24.3 Å². The van der Waals surface area contributed by atoms with E-state index < -0.39 is 10.0 Å². The molecule has 1 fully saturated rings. The Morgan fingerprint density at radius 3 is 2.52 bits per heavy atom. The maximum Gasteiger partial charge on any atom is 0.240 e. The Balaban J connectivity index is 0.00000312. The summed E-state index contributed by atoms with van der Waals surface area (Å²) in [7, 11) is -1.96. The molecule has 0 atom stereocenters. The van der Waals surface area contributed by atoms with Crippen LogP contribution in [0.2, 0.25) is 0 Å². The Labute approximate surface area is 167 Å². The van der Waals surface area contributed by atoms with E-state index in [1.807, 2.05) is 6.92 Å². The van der Waals surface area contributed by atoms with Crippen LogP contribution in [0, 0.1) is 0 Å². The van der Waals surface area contributed by atoms with Crippen LogP contribution in [-0.4, -0.2) is 47.2 Å². The number of hydrogen-bond donors (Lipinski definition) is 3. The molecule has 1 aliphatic rings. The first-order valence-corrected chi connectivity index (χ1v) is 9.66. The van der Waals surface area contributed by atoms with Gasteiger partial charge in [-0.25, -0.2) is 18.1 Å². The number of halogens is 1. The first-order chi connectivity index (χ1) is 11.5. The fourth-order valence-electron chi connectivity index (χ4n) is 2.05. The number of nitrogens with zero attached hydrogens (tertiary/aromatic N) is 1. The van der Waals surface area contributed by atoms with Crippen LogP contribution in [0.15, 0.2) is 34.2 Å². The van der Waals surface area contributed by atoms with E-state index in [0.717, 1.165) is 18.1 Å². The van der Waals surface area contributed by atoms with Crippen LogP contribution in [0.3, 0.4) is 0 Å². The fourth-order valence-corrected chi connectivity index (χ4v) is 3.06. The minimum atomic E-state index is -3.49. The zero-order chi connectivity index (χ0) is 17.4. The third-order valence-corrected chi connectivity index (χ3v) is 4.99. The Bertz CT molecular complexity index is 646. The molecule has 9 heteroatoms. The maximum atomic E-state index is 12.1. The van der Waals surface area contributed by atoms with Crippen LogP contribution in [0.1, 0.15) is 25.3 Å². The van der Waals surface area contributed by atoms with Gasteiger partial charge in [-0.05, 0) is 37.5 Å². The Morgan fingerprint density at radius 2 is 1.96 bits per heavy atom. The van der Waals surface area contributed by atoms with Crippen LogP contribution in [0.4, 0.5) is 0 Å². The fraction of sp³-hybridized carbons (Fsp3) is 0.562. The molecular weight excluding hydrogens is 455 g/mol. The van der Waals surface area contributed by atoms with Crippen LogP contribution in [-0.2, 0) is 21.3 Å². The van der Waals surface area contributed by atoms with E-state index in [-0.39, 0.29) is 35.4 Å². The number of guanidine groups is 1. The second-order valence-corrected chi connectivity index (χ2v) is 7.42. The molecule has 0 saturated heterocycles. The highest BCUT2D eigenvalue weighted by molar-refractivity contribution is 14.0. The van der Waals surface area contributed by atoms with Crippen molar-refractivity contribution in [3.05, 3.63) is 29.8 Å². The average Bonchev–Trinajstić information content (AvgIpc) is 3.37. The summed E-state index contributed by atoms with van der Waals surface area (Å²) < 4.78 is 31.5. The van der Waals surface area contributed by atoms with Gasteiger partial charge in [-0.1, -0.05) is 12.1 Å². The minimum Gasteiger partial charge on any atom is -0.383 e. The number of rotatable bonds is 9. The molecule has 0 aromatic heterocycles. The van der Waals surface area contributed by atoms with Gasteiger partial charge in [0, 0.05) is 26.2 Å². The lowest BCUT2D eigenvalue weighted by atomic mass is 10.2. The summed E-state index contributed by atoms with van der Waals surface area (Å²) in [4.78, 5) is 4.77. The summed E-state index contributed by atoms with van der Waals surface area (Å²) >= 11 is 0. The number of sulfonamides is 1. The highest BCUT2D eigenvalue weighted by atomic mass is 127. The maximum absolute atomic E-state index is 12.1. The van der Waals surface area contributed by atoms with Crippen LogP contribution in [0.5, 0.6) is 0 Å². The molecule has 142 valence electrons. The monoisotopic (exact) mass is 482 g/mol. The van der Waals surface area contributed by atoms with Gasteiger partial charge in [0.05, 0.1) is 18.0 Å². The molecule has 0 radical (unpaired) electrons. The zero-order valence-electron chi connectivity index (χ0n) is 14.6. The van der Waals surface area contributed by atoms with Crippen LogP contribution < -0.4 is 15.4 Å². The standard InChI is InChI=1S/C16H26N4O3S.HI/c1-3-17-16(20-14-6-7-14)18-12-13-4-8-15(9-5-13)24(21,22)19-10-11-23-2;/h4-5,8-9,14,19H,3,6-7,10-12H2,1-2H3,(H2,17,18,20);1H. The molecule has 0 spiro atoms.